The summed E-state index contributed by atoms with van der Waals surface area (Å²) in [4.78, 5) is 15.5. The van der Waals surface area contributed by atoms with Crippen molar-refractivity contribution in [2.75, 3.05) is 7.11 Å². The average molecular weight is 270 g/mol. The van der Waals surface area contributed by atoms with Gasteiger partial charge >= 0.3 is 5.97 Å². The maximum atomic E-state index is 11.4. The lowest BCUT2D eigenvalue weighted by molar-refractivity contribution is -0.147. The summed E-state index contributed by atoms with van der Waals surface area (Å²) in [6.45, 7) is 0. The van der Waals surface area contributed by atoms with Gasteiger partial charge in [-0.25, -0.2) is 4.98 Å². The molecule has 0 saturated heterocycles. The van der Waals surface area contributed by atoms with E-state index >= 15 is 0 Å². The Balaban J connectivity index is 1.85. The standard InChI is InChI=1S/C13H16ClNO3/c1-17-13(16)9-5-7-10(8-6-9)18-12-4-2-3-11(14)15-12/h2-4,9-10H,5-8H2,1H3/t9-,10-. The molecule has 4 nitrogen and oxygen atoms in total. The third kappa shape index (κ3) is 3.35. The number of aromatic nitrogens is 1. The molecule has 1 fully saturated rings. The minimum absolute atomic E-state index is 0.0159. The molecule has 0 aliphatic heterocycles. The highest BCUT2D eigenvalue weighted by Crippen LogP contribution is 2.28. The first-order chi connectivity index (χ1) is 8.69. The van der Waals surface area contributed by atoms with Crippen LogP contribution in [-0.4, -0.2) is 24.2 Å². The summed E-state index contributed by atoms with van der Waals surface area (Å²) in [7, 11) is 1.43. The topological polar surface area (TPSA) is 48.4 Å². The van der Waals surface area contributed by atoms with Crippen LogP contribution in [0.4, 0.5) is 0 Å². The molecule has 1 saturated carbocycles. The molecule has 18 heavy (non-hydrogen) atoms. The second-order valence-electron chi connectivity index (χ2n) is 4.41. The van der Waals surface area contributed by atoms with E-state index in [2.05, 4.69) is 4.98 Å². The number of rotatable bonds is 3. The normalized spacial score (nSPS) is 23.4. The van der Waals surface area contributed by atoms with Gasteiger partial charge in [0, 0.05) is 6.07 Å². The Hall–Kier alpha value is -1.29. The zero-order valence-electron chi connectivity index (χ0n) is 10.3. The molecular weight excluding hydrogens is 254 g/mol. The van der Waals surface area contributed by atoms with Crippen LogP contribution in [0.3, 0.4) is 0 Å². The largest absolute Gasteiger partial charge is 0.474 e. The fourth-order valence-corrected chi connectivity index (χ4v) is 2.37. The number of methoxy groups -OCH3 is 1. The molecule has 2 rings (SSSR count). The maximum absolute atomic E-state index is 11.4. The zero-order valence-corrected chi connectivity index (χ0v) is 11.0. The molecule has 0 aromatic carbocycles. The van der Waals surface area contributed by atoms with E-state index in [1.165, 1.54) is 7.11 Å². The highest BCUT2D eigenvalue weighted by atomic mass is 35.5. The minimum Gasteiger partial charge on any atom is -0.474 e. The number of halogens is 1. The van der Waals surface area contributed by atoms with Gasteiger partial charge in [-0.15, -0.1) is 0 Å². The third-order valence-corrected chi connectivity index (χ3v) is 3.40. The van der Waals surface area contributed by atoms with Crippen LogP contribution < -0.4 is 4.74 Å². The van der Waals surface area contributed by atoms with Crippen molar-refractivity contribution in [3.05, 3.63) is 23.4 Å². The highest BCUT2D eigenvalue weighted by Gasteiger charge is 2.27. The number of carbonyl (C=O) groups is 1. The summed E-state index contributed by atoms with van der Waals surface area (Å²) < 4.78 is 10.5. The molecule has 0 spiro atoms. The van der Waals surface area contributed by atoms with Crippen molar-refractivity contribution in [3.8, 4) is 5.88 Å². The number of pyridine rings is 1. The summed E-state index contributed by atoms with van der Waals surface area (Å²) in [5, 5.41) is 0.427. The smallest absolute Gasteiger partial charge is 0.308 e. The van der Waals surface area contributed by atoms with Gasteiger partial charge in [0.15, 0.2) is 0 Å². The van der Waals surface area contributed by atoms with E-state index in [0.29, 0.717) is 11.0 Å². The number of hydrogen-bond donors (Lipinski definition) is 0. The number of carbonyl (C=O) groups excluding carboxylic acids is 1. The SMILES string of the molecule is COC(=O)[C@H]1CC[C@H](Oc2cccc(Cl)n2)CC1. The molecule has 0 bridgehead atoms. The monoisotopic (exact) mass is 269 g/mol. The van der Waals surface area contributed by atoms with Crippen LogP contribution in [0.15, 0.2) is 18.2 Å². The Kier molecular flexibility index (Phi) is 4.42. The zero-order chi connectivity index (χ0) is 13.0. The first-order valence-electron chi connectivity index (χ1n) is 6.06. The fourth-order valence-electron chi connectivity index (χ4n) is 2.21. The molecule has 0 atom stereocenters. The molecular formula is C13H16ClNO3. The van der Waals surface area contributed by atoms with Crippen molar-refractivity contribution in [1.29, 1.82) is 0 Å². The van der Waals surface area contributed by atoms with Crippen molar-refractivity contribution < 1.29 is 14.3 Å². The van der Waals surface area contributed by atoms with E-state index in [-0.39, 0.29) is 18.0 Å². The Bertz CT molecular complexity index is 416. The van der Waals surface area contributed by atoms with Gasteiger partial charge in [0.25, 0.3) is 0 Å². The molecule has 1 aromatic heterocycles. The van der Waals surface area contributed by atoms with Gasteiger partial charge < -0.3 is 9.47 Å². The van der Waals surface area contributed by atoms with Crippen LogP contribution in [0.2, 0.25) is 5.15 Å². The van der Waals surface area contributed by atoms with Crippen molar-refractivity contribution in [2.24, 2.45) is 5.92 Å². The van der Waals surface area contributed by atoms with E-state index in [1.54, 1.807) is 12.1 Å². The van der Waals surface area contributed by atoms with Gasteiger partial charge in [-0.3, -0.25) is 4.79 Å². The number of hydrogen-bond acceptors (Lipinski definition) is 4. The van der Waals surface area contributed by atoms with Crippen LogP contribution in [0.5, 0.6) is 5.88 Å². The predicted molar refractivity (Wildman–Crippen MR) is 67.6 cm³/mol. The van der Waals surface area contributed by atoms with Gasteiger partial charge in [-0.1, -0.05) is 17.7 Å². The maximum Gasteiger partial charge on any atom is 0.308 e. The molecule has 0 N–H and O–H groups in total. The van der Waals surface area contributed by atoms with Crippen molar-refractivity contribution >= 4 is 17.6 Å². The van der Waals surface area contributed by atoms with Gasteiger partial charge in [0.05, 0.1) is 13.0 Å². The van der Waals surface area contributed by atoms with E-state index < -0.39 is 0 Å². The molecule has 98 valence electrons. The Morgan fingerprint density at radius 2 is 2.06 bits per heavy atom. The molecule has 5 heteroatoms. The molecule has 0 amide bonds. The van der Waals surface area contributed by atoms with Crippen LogP contribution in [0.1, 0.15) is 25.7 Å². The number of esters is 1. The summed E-state index contributed by atoms with van der Waals surface area (Å²) in [6, 6.07) is 5.31. The van der Waals surface area contributed by atoms with E-state index in [9.17, 15) is 4.79 Å². The van der Waals surface area contributed by atoms with E-state index in [4.69, 9.17) is 21.1 Å². The van der Waals surface area contributed by atoms with E-state index in [1.807, 2.05) is 6.07 Å². The van der Waals surface area contributed by atoms with E-state index in [0.717, 1.165) is 25.7 Å². The Morgan fingerprint density at radius 1 is 1.33 bits per heavy atom. The second-order valence-corrected chi connectivity index (χ2v) is 4.80. The highest BCUT2D eigenvalue weighted by molar-refractivity contribution is 6.29. The predicted octanol–water partition coefficient (Wildman–Crippen LogP) is 2.85. The molecule has 1 aromatic rings. The molecule has 1 heterocycles. The van der Waals surface area contributed by atoms with Crippen LogP contribution >= 0.6 is 11.6 Å². The van der Waals surface area contributed by atoms with Gasteiger partial charge in [0.2, 0.25) is 5.88 Å². The average Bonchev–Trinajstić information content (AvgIpc) is 2.39. The van der Waals surface area contributed by atoms with Gasteiger partial charge in [-0.05, 0) is 31.7 Å². The first-order valence-corrected chi connectivity index (χ1v) is 6.44. The summed E-state index contributed by atoms with van der Waals surface area (Å²) in [5.41, 5.74) is 0. The molecule has 1 aliphatic rings. The first kappa shape index (κ1) is 13.1. The Morgan fingerprint density at radius 3 is 2.67 bits per heavy atom. The lowest BCUT2D eigenvalue weighted by Gasteiger charge is -2.27. The summed E-state index contributed by atoms with van der Waals surface area (Å²) in [6.07, 6.45) is 3.40. The molecule has 1 aliphatic carbocycles. The lowest BCUT2D eigenvalue weighted by Crippen LogP contribution is -2.28. The third-order valence-electron chi connectivity index (χ3n) is 3.19. The molecule has 0 radical (unpaired) electrons. The van der Waals surface area contributed by atoms with Crippen LogP contribution in [0, 0.1) is 5.92 Å². The number of ether oxygens (including phenoxy) is 2. The van der Waals surface area contributed by atoms with Crippen molar-refractivity contribution in [3.63, 3.8) is 0 Å². The molecule has 0 unspecified atom stereocenters. The van der Waals surface area contributed by atoms with Crippen LogP contribution in [0.25, 0.3) is 0 Å². The Labute approximate surface area is 111 Å². The second kappa shape index (κ2) is 6.05. The van der Waals surface area contributed by atoms with Crippen molar-refractivity contribution in [2.45, 2.75) is 31.8 Å². The minimum atomic E-state index is -0.116. The van der Waals surface area contributed by atoms with Crippen molar-refractivity contribution in [1.82, 2.24) is 4.98 Å². The van der Waals surface area contributed by atoms with Crippen LogP contribution in [-0.2, 0) is 9.53 Å². The lowest BCUT2D eigenvalue weighted by atomic mass is 9.87. The van der Waals surface area contributed by atoms with Gasteiger partial charge in [-0.2, -0.15) is 0 Å². The number of nitrogens with zero attached hydrogens (tertiary/aromatic N) is 1. The van der Waals surface area contributed by atoms with Gasteiger partial charge in [0.1, 0.15) is 11.3 Å². The summed E-state index contributed by atoms with van der Waals surface area (Å²) in [5.74, 6) is 0.445. The summed E-state index contributed by atoms with van der Waals surface area (Å²) >= 11 is 5.79. The fraction of sp³-hybridized carbons (Fsp3) is 0.538. The quantitative estimate of drug-likeness (QED) is 0.625.